The number of thioether (sulfide) groups is 1. The maximum atomic E-state index is 4.75. The van der Waals surface area contributed by atoms with Gasteiger partial charge in [0, 0.05) is 35.5 Å². The van der Waals surface area contributed by atoms with Crippen molar-refractivity contribution in [1.29, 1.82) is 0 Å². The lowest BCUT2D eigenvalue weighted by Crippen LogP contribution is -2.37. The molecule has 0 radical (unpaired) electrons. The molecule has 1 aromatic heterocycles. The zero-order chi connectivity index (χ0) is 13.0. The van der Waals surface area contributed by atoms with Crippen molar-refractivity contribution in [2.75, 3.05) is 30.3 Å². The first-order chi connectivity index (χ1) is 8.74. The average molecular weight is 285 g/mol. The lowest BCUT2D eigenvalue weighted by Gasteiger charge is -2.31. The summed E-state index contributed by atoms with van der Waals surface area (Å²) in [5.41, 5.74) is 1.20. The van der Waals surface area contributed by atoms with Crippen molar-refractivity contribution >= 4 is 28.2 Å². The van der Waals surface area contributed by atoms with E-state index in [0.717, 1.165) is 31.4 Å². The van der Waals surface area contributed by atoms with E-state index < -0.39 is 0 Å². The molecule has 0 aliphatic carbocycles. The van der Waals surface area contributed by atoms with Gasteiger partial charge in [-0.1, -0.05) is 13.8 Å². The molecule has 102 valence electrons. The van der Waals surface area contributed by atoms with E-state index in [2.05, 4.69) is 42.7 Å². The zero-order valence-corrected chi connectivity index (χ0v) is 13.2. The number of rotatable bonds is 5. The summed E-state index contributed by atoms with van der Waals surface area (Å²) in [5.74, 6) is 1.24. The van der Waals surface area contributed by atoms with Gasteiger partial charge in [-0.15, -0.1) is 11.3 Å². The number of aromatic nitrogens is 1. The molecule has 0 bridgehead atoms. The van der Waals surface area contributed by atoms with Gasteiger partial charge < -0.3 is 10.2 Å². The van der Waals surface area contributed by atoms with Crippen LogP contribution in [0, 0.1) is 6.92 Å². The first-order valence-electron chi connectivity index (χ1n) is 6.78. The number of thiazole rings is 1. The summed E-state index contributed by atoms with van der Waals surface area (Å²) < 4.78 is 0. The molecule has 2 rings (SSSR count). The van der Waals surface area contributed by atoms with Gasteiger partial charge in [0.1, 0.15) is 0 Å². The fourth-order valence-corrected chi connectivity index (χ4v) is 4.34. The Balaban J connectivity index is 2.03. The molecule has 0 saturated carbocycles. The van der Waals surface area contributed by atoms with Crippen LogP contribution in [0.5, 0.6) is 0 Å². The average Bonchev–Trinajstić information content (AvgIpc) is 2.78. The number of aryl methyl sites for hydroxylation is 1. The highest BCUT2D eigenvalue weighted by molar-refractivity contribution is 8.00. The van der Waals surface area contributed by atoms with Crippen molar-refractivity contribution < 1.29 is 0 Å². The molecule has 1 fully saturated rings. The molecule has 0 aromatic carbocycles. The van der Waals surface area contributed by atoms with Crippen LogP contribution in [0.3, 0.4) is 0 Å². The molecular formula is C13H23N3S2. The smallest absolute Gasteiger partial charge is 0.185 e. The molecule has 1 aliphatic heterocycles. The number of hydrogen-bond donors (Lipinski definition) is 1. The van der Waals surface area contributed by atoms with Gasteiger partial charge in [-0.05, 0) is 19.9 Å². The third-order valence-corrected chi connectivity index (χ3v) is 5.87. The van der Waals surface area contributed by atoms with Crippen LogP contribution in [-0.4, -0.2) is 35.6 Å². The lowest BCUT2D eigenvalue weighted by molar-refractivity contribution is 0.724. The summed E-state index contributed by atoms with van der Waals surface area (Å²) in [4.78, 5) is 8.61. The SMILES string of the molecule is CCNCc1sc(N2CCSC(CC)C2)nc1C. The summed E-state index contributed by atoms with van der Waals surface area (Å²) in [6.45, 7) is 10.8. The third-order valence-electron chi connectivity index (χ3n) is 3.28. The van der Waals surface area contributed by atoms with Crippen molar-refractivity contribution in [2.24, 2.45) is 0 Å². The molecule has 1 atom stereocenters. The Labute approximate surface area is 118 Å². The largest absolute Gasteiger partial charge is 0.346 e. The summed E-state index contributed by atoms with van der Waals surface area (Å²) in [6, 6.07) is 0. The van der Waals surface area contributed by atoms with Gasteiger partial charge >= 0.3 is 0 Å². The Bertz CT molecular complexity index is 378. The van der Waals surface area contributed by atoms with Gasteiger partial charge in [0.25, 0.3) is 0 Å². The quantitative estimate of drug-likeness (QED) is 0.900. The second-order valence-corrected chi connectivity index (χ2v) is 7.10. The van der Waals surface area contributed by atoms with Crippen molar-refractivity contribution in [2.45, 2.75) is 39.0 Å². The van der Waals surface area contributed by atoms with E-state index in [9.17, 15) is 0 Å². The van der Waals surface area contributed by atoms with Crippen LogP contribution in [0.15, 0.2) is 0 Å². The highest BCUT2D eigenvalue weighted by Crippen LogP contribution is 2.30. The molecule has 0 spiro atoms. The van der Waals surface area contributed by atoms with E-state index in [1.165, 1.54) is 27.9 Å². The third kappa shape index (κ3) is 3.39. The maximum absolute atomic E-state index is 4.75. The van der Waals surface area contributed by atoms with E-state index in [4.69, 9.17) is 4.98 Å². The highest BCUT2D eigenvalue weighted by Gasteiger charge is 2.22. The Kier molecular flexibility index (Phi) is 5.33. The number of anilines is 1. The van der Waals surface area contributed by atoms with Crippen LogP contribution in [-0.2, 0) is 6.54 Å². The van der Waals surface area contributed by atoms with Gasteiger partial charge in [-0.3, -0.25) is 0 Å². The van der Waals surface area contributed by atoms with Crippen molar-refractivity contribution in [3.8, 4) is 0 Å². The molecule has 1 unspecified atom stereocenters. The molecule has 0 amide bonds. The molecular weight excluding hydrogens is 262 g/mol. The van der Waals surface area contributed by atoms with E-state index in [1.807, 2.05) is 11.3 Å². The molecule has 3 nitrogen and oxygen atoms in total. The van der Waals surface area contributed by atoms with Gasteiger partial charge in [-0.2, -0.15) is 11.8 Å². The zero-order valence-electron chi connectivity index (χ0n) is 11.5. The first kappa shape index (κ1) is 14.2. The van der Waals surface area contributed by atoms with Gasteiger partial charge in [0.05, 0.1) is 5.69 Å². The minimum absolute atomic E-state index is 0.778. The van der Waals surface area contributed by atoms with Gasteiger partial charge in [0.15, 0.2) is 5.13 Å². The topological polar surface area (TPSA) is 28.2 Å². The fraction of sp³-hybridized carbons (Fsp3) is 0.769. The summed E-state index contributed by atoms with van der Waals surface area (Å²) in [6.07, 6.45) is 1.26. The second kappa shape index (κ2) is 6.78. The number of nitrogens with one attached hydrogen (secondary N) is 1. The molecule has 5 heteroatoms. The van der Waals surface area contributed by atoms with Crippen LogP contribution in [0.4, 0.5) is 5.13 Å². The first-order valence-corrected chi connectivity index (χ1v) is 8.64. The Morgan fingerprint density at radius 1 is 1.44 bits per heavy atom. The lowest BCUT2D eigenvalue weighted by atomic mass is 10.3. The van der Waals surface area contributed by atoms with Crippen LogP contribution < -0.4 is 10.2 Å². The van der Waals surface area contributed by atoms with Crippen molar-refractivity contribution in [3.63, 3.8) is 0 Å². The predicted octanol–water partition coefficient (Wildman–Crippen LogP) is 2.89. The van der Waals surface area contributed by atoms with Crippen LogP contribution in [0.1, 0.15) is 30.8 Å². The van der Waals surface area contributed by atoms with Gasteiger partial charge in [0.2, 0.25) is 0 Å². The normalized spacial score (nSPS) is 20.4. The summed E-state index contributed by atoms with van der Waals surface area (Å²) >= 11 is 3.97. The number of nitrogens with zero attached hydrogens (tertiary/aromatic N) is 2. The summed E-state index contributed by atoms with van der Waals surface area (Å²) in [5, 5.41) is 5.39. The Morgan fingerprint density at radius 3 is 3.00 bits per heavy atom. The standard InChI is InChI=1S/C13H23N3S2/c1-4-11-9-16(6-7-17-11)13-15-10(3)12(18-13)8-14-5-2/h11,14H,4-9H2,1-3H3. The van der Waals surface area contributed by atoms with Gasteiger partial charge in [-0.25, -0.2) is 4.98 Å². The Morgan fingerprint density at radius 2 is 2.28 bits per heavy atom. The second-order valence-electron chi connectivity index (χ2n) is 4.63. The predicted molar refractivity (Wildman–Crippen MR) is 83.0 cm³/mol. The maximum Gasteiger partial charge on any atom is 0.185 e. The Hall–Kier alpha value is -0.260. The molecule has 1 aliphatic rings. The fourth-order valence-electron chi connectivity index (χ4n) is 2.09. The minimum atomic E-state index is 0.778. The van der Waals surface area contributed by atoms with E-state index in [-0.39, 0.29) is 0 Å². The van der Waals surface area contributed by atoms with Crippen LogP contribution in [0.25, 0.3) is 0 Å². The highest BCUT2D eigenvalue weighted by atomic mass is 32.2. The molecule has 1 aromatic rings. The van der Waals surface area contributed by atoms with E-state index in [0.29, 0.717) is 0 Å². The molecule has 1 saturated heterocycles. The van der Waals surface area contributed by atoms with E-state index in [1.54, 1.807) is 0 Å². The van der Waals surface area contributed by atoms with Crippen molar-refractivity contribution in [1.82, 2.24) is 10.3 Å². The summed E-state index contributed by atoms with van der Waals surface area (Å²) in [7, 11) is 0. The van der Waals surface area contributed by atoms with Crippen LogP contribution in [0.2, 0.25) is 0 Å². The molecule has 1 N–H and O–H groups in total. The number of hydrogen-bond acceptors (Lipinski definition) is 5. The van der Waals surface area contributed by atoms with Crippen molar-refractivity contribution in [3.05, 3.63) is 10.6 Å². The van der Waals surface area contributed by atoms with Crippen LogP contribution >= 0.6 is 23.1 Å². The molecule has 18 heavy (non-hydrogen) atoms. The monoisotopic (exact) mass is 285 g/mol. The molecule has 2 heterocycles. The minimum Gasteiger partial charge on any atom is -0.346 e. The van der Waals surface area contributed by atoms with E-state index >= 15 is 0 Å².